The summed E-state index contributed by atoms with van der Waals surface area (Å²) in [7, 11) is -2.99. The SMILES string of the molecule is CCCCCCC(C)NCCS(=O)(=O)C(C)(C)C. The Bertz CT molecular complexity index is 304. The standard InChI is InChI=1S/C14H31NO2S/c1-6-7-8-9-10-13(2)15-11-12-18(16,17)14(3,4)5/h13,15H,6-12H2,1-5H3. The van der Waals surface area contributed by atoms with Crippen LogP contribution < -0.4 is 5.32 Å². The van der Waals surface area contributed by atoms with Crippen molar-refractivity contribution >= 4 is 9.84 Å². The molecule has 0 saturated carbocycles. The molecule has 0 radical (unpaired) electrons. The highest BCUT2D eigenvalue weighted by Crippen LogP contribution is 2.15. The quantitative estimate of drug-likeness (QED) is 0.659. The first-order valence-electron chi connectivity index (χ1n) is 7.16. The Kier molecular flexibility index (Phi) is 8.11. The molecule has 1 N–H and O–H groups in total. The zero-order valence-electron chi connectivity index (χ0n) is 12.8. The number of hydrogen-bond donors (Lipinski definition) is 1. The minimum Gasteiger partial charge on any atom is -0.313 e. The van der Waals surface area contributed by atoms with Crippen molar-refractivity contribution < 1.29 is 8.42 Å². The van der Waals surface area contributed by atoms with Crippen molar-refractivity contribution in [1.82, 2.24) is 5.32 Å². The van der Waals surface area contributed by atoms with Crippen LogP contribution in [0, 0.1) is 0 Å². The molecule has 0 aliphatic carbocycles. The van der Waals surface area contributed by atoms with E-state index in [-0.39, 0.29) is 5.75 Å². The summed E-state index contributed by atoms with van der Waals surface area (Å²) in [4.78, 5) is 0. The number of sulfone groups is 1. The lowest BCUT2D eigenvalue weighted by Crippen LogP contribution is -2.37. The Morgan fingerprint density at radius 3 is 2.22 bits per heavy atom. The number of unbranched alkanes of at least 4 members (excludes halogenated alkanes) is 3. The summed E-state index contributed by atoms with van der Waals surface area (Å²) < 4.78 is 23.1. The van der Waals surface area contributed by atoms with Crippen molar-refractivity contribution in [3.63, 3.8) is 0 Å². The molecular formula is C14H31NO2S. The Morgan fingerprint density at radius 1 is 1.11 bits per heavy atom. The van der Waals surface area contributed by atoms with Crippen LogP contribution in [0.15, 0.2) is 0 Å². The highest BCUT2D eigenvalue weighted by Gasteiger charge is 2.28. The summed E-state index contributed by atoms with van der Waals surface area (Å²) in [6, 6.07) is 0.414. The summed E-state index contributed by atoms with van der Waals surface area (Å²) in [6.07, 6.45) is 6.20. The van der Waals surface area contributed by atoms with Gasteiger partial charge in [-0.05, 0) is 34.1 Å². The van der Waals surface area contributed by atoms with Crippen molar-refractivity contribution in [3.8, 4) is 0 Å². The highest BCUT2D eigenvalue weighted by atomic mass is 32.2. The van der Waals surface area contributed by atoms with Gasteiger partial charge in [0.2, 0.25) is 0 Å². The highest BCUT2D eigenvalue weighted by molar-refractivity contribution is 7.92. The lowest BCUT2D eigenvalue weighted by Gasteiger charge is -2.20. The topological polar surface area (TPSA) is 46.2 Å². The average Bonchev–Trinajstić information content (AvgIpc) is 2.22. The normalized spacial score (nSPS) is 14.7. The van der Waals surface area contributed by atoms with E-state index in [1.54, 1.807) is 20.8 Å². The molecule has 1 unspecified atom stereocenters. The third-order valence-electron chi connectivity index (χ3n) is 3.29. The molecule has 0 saturated heterocycles. The monoisotopic (exact) mass is 277 g/mol. The van der Waals surface area contributed by atoms with Crippen LogP contribution in [0.3, 0.4) is 0 Å². The van der Waals surface area contributed by atoms with E-state index in [4.69, 9.17) is 0 Å². The van der Waals surface area contributed by atoms with Crippen molar-refractivity contribution in [2.75, 3.05) is 12.3 Å². The van der Waals surface area contributed by atoms with Crippen LogP contribution in [0.25, 0.3) is 0 Å². The molecule has 0 spiro atoms. The summed E-state index contributed by atoms with van der Waals surface area (Å²) in [5, 5.41) is 3.31. The van der Waals surface area contributed by atoms with Gasteiger partial charge in [-0.15, -0.1) is 0 Å². The van der Waals surface area contributed by atoms with E-state index in [9.17, 15) is 8.42 Å². The Balaban J connectivity index is 3.78. The van der Waals surface area contributed by atoms with Crippen molar-refractivity contribution in [2.45, 2.75) is 77.5 Å². The molecule has 0 rings (SSSR count). The van der Waals surface area contributed by atoms with Crippen molar-refractivity contribution in [3.05, 3.63) is 0 Å². The van der Waals surface area contributed by atoms with E-state index in [1.807, 2.05) is 0 Å². The molecule has 18 heavy (non-hydrogen) atoms. The predicted molar refractivity (Wildman–Crippen MR) is 79.8 cm³/mol. The average molecular weight is 277 g/mol. The van der Waals surface area contributed by atoms with Gasteiger partial charge in [0, 0.05) is 12.6 Å². The number of rotatable bonds is 9. The first kappa shape index (κ1) is 17.9. The van der Waals surface area contributed by atoms with Gasteiger partial charge in [-0.25, -0.2) is 8.42 Å². The second-order valence-corrected chi connectivity index (χ2v) is 9.00. The lowest BCUT2D eigenvalue weighted by atomic mass is 10.1. The van der Waals surface area contributed by atoms with Gasteiger partial charge in [0.25, 0.3) is 0 Å². The van der Waals surface area contributed by atoms with E-state index in [0.717, 1.165) is 6.42 Å². The summed E-state index contributed by atoms with van der Waals surface area (Å²) in [5.41, 5.74) is 0. The van der Waals surface area contributed by atoms with Crippen LogP contribution in [0.4, 0.5) is 0 Å². The van der Waals surface area contributed by atoms with Crippen LogP contribution in [0.2, 0.25) is 0 Å². The van der Waals surface area contributed by atoms with Gasteiger partial charge in [-0.1, -0.05) is 32.6 Å². The molecule has 0 bridgehead atoms. The minimum atomic E-state index is -2.99. The second kappa shape index (κ2) is 8.16. The minimum absolute atomic E-state index is 0.232. The van der Waals surface area contributed by atoms with Gasteiger partial charge in [-0.2, -0.15) is 0 Å². The fraction of sp³-hybridized carbons (Fsp3) is 1.00. The van der Waals surface area contributed by atoms with E-state index in [2.05, 4.69) is 19.2 Å². The molecule has 0 aromatic carbocycles. The maximum Gasteiger partial charge on any atom is 0.156 e. The Morgan fingerprint density at radius 2 is 1.72 bits per heavy atom. The van der Waals surface area contributed by atoms with Gasteiger partial charge in [-0.3, -0.25) is 0 Å². The number of hydrogen-bond acceptors (Lipinski definition) is 3. The van der Waals surface area contributed by atoms with Gasteiger partial charge in [0.1, 0.15) is 0 Å². The molecule has 0 aliphatic rings. The Hall–Kier alpha value is -0.0900. The molecule has 0 fully saturated rings. The summed E-state index contributed by atoms with van der Waals surface area (Å²) in [5.74, 6) is 0.232. The molecule has 0 heterocycles. The molecule has 1 atom stereocenters. The van der Waals surface area contributed by atoms with Crippen LogP contribution in [0.1, 0.15) is 66.7 Å². The summed E-state index contributed by atoms with van der Waals surface area (Å²) in [6.45, 7) is 10.2. The van der Waals surface area contributed by atoms with Crippen molar-refractivity contribution in [1.29, 1.82) is 0 Å². The predicted octanol–water partition coefficient (Wildman–Crippen LogP) is 3.15. The maximum absolute atomic E-state index is 11.9. The van der Waals surface area contributed by atoms with Crippen molar-refractivity contribution in [2.24, 2.45) is 0 Å². The third kappa shape index (κ3) is 7.37. The maximum atomic E-state index is 11.9. The molecular weight excluding hydrogens is 246 g/mol. The molecule has 0 aliphatic heterocycles. The third-order valence-corrected chi connectivity index (χ3v) is 5.89. The smallest absolute Gasteiger partial charge is 0.156 e. The zero-order chi connectivity index (χ0) is 14.2. The van der Waals surface area contributed by atoms with Crippen LogP contribution >= 0.6 is 0 Å². The van der Waals surface area contributed by atoms with E-state index < -0.39 is 14.6 Å². The van der Waals surface area contributed by atoms with Gasteiger partial charge >= 0.3 is 0 Å². The van der Waals surface area contributed by atoms with E-state index in [1.165, 1.54) is 25.7 Å². The first-order chi connectivity index (χ1) is 8.20. The van der Waals surface area contributed by atoms with Gasteiger partial charge < -0.3 is 5.32 Å². The van der Waals surface area contributed by atoms with Crippen LogP contribution in [-0.2, 0) is 9.84 Å². The molecule has 0 aromatic heterocycles. The first-order valence-corrected chi connectivity index (χ1v) is 8.81. The van der Waals surface area contributed by atoms with Crippen LogP contribution in [-0.4, -0.2) is 31.5 Å². The van der Waals surface area contributed by atoms with E-state index in [0.29, 0.717) is 12.6 Å². The molecule has 3 nitrogen and oxygen atoms in total. The van der Waals surface area contributed by atoms with Gasteiger partial charge in [0.05, 0.1) is 10.5 Å². The molecule has 0 aromatic rings. The molecule has 4 heteroatoms. The Labute approximate surface area is 114 Å². The second-order valence-electron chi connectivity index (χ2n) is 6.14. The number of nitrogens with one attached hydrogen (secondary N) is 1. The molecule has 0 amide bonds. The fourth-order valence-corrected chi connectivity index (χ4v) is 2.72. The lowest BCUT2D eigenvalue weighted by molar-refractivity contribution is 0.491. The van der Waals surface area contributed by atoms with Gasteiger partial charge in [0.15, 0.2) is 9.84 Å². The fourth-order valence-electron chi connectivity index (χ4n) is 1.73. The van der Waals surface area contributed by atoms with Crippen LogP contribution in [0.5, 0.6) is 0 Å². The largest absolute Gasteiger partial charge is 0.313 e. The summed E-state index contributed by atoms with van der Waals surface area (Å²) >= 11 is 0. The zero-order valence-corrected chi connectivity index (χ0v) is 13.6. The molecule has 110 valence electrons. The van der Waals surface area contributed by atoms with E-state index >= 15 is 0 Å².